The zero-order valence-corrected chi connectivity index (χ0v) is 8.32. The van der Waals surface area contributed by atoms with Crippen molar-refractivity contribution in [1.29, 1.82) is 0 Å². The minimum absolute atomic E-state index is 0.256. The minimum Gasteiger partial charge on any atom is -0.278 e. The fourth-order valence-corrected chi connectivity index (χ4v) is 1.93. The molecule has 67 valence electrons. The van der Waals surface area contributed by atoms with Gasteiger partial charge in [-0.3, -0.25) is 5.11 Å². The number of hydrogen-bond acceptors (Lipinski definition) is 1. The molecule has 0 fully saturated rings. The molecule has 1 nitrogen and oxygen atoms in total. The minimum atomic E-state index is 0.256. The number of thiophene rings is 1. The monoisotopic (exact) mass is 183 g/mol. The molecule has 1 heterocycles. The van der Waals surface area contributed by atoms with Crippen LogP contribution in [-0.2, 0) is 11.5 Å². The molecule has 0 aliphatic heterocycles. The molecule has 0 saturated carbocycles. The van der Waals surface area contributed by atoms with Crippen LogP contribution in [0.15, 0.2) is 11.4 Å². The molecule has 0 aromatic carbocycles. The van der Waals surface area contributed by atoms with Gasteiger partial charge in [0, 0.05) is 5.56 Å². The lowest BCUT2D eigenvalue weighted by atomic mass is 10.1. The average molecular weight is 183 g/mol. The first-order chi connectivity index (χ1) is 5.84. The van der Waals surface area contributed by atoms with Crippen LogP contribution in [0.25, 0.3) is 0 Å². The van der Waals surface area contributed by atoms with Crippen LogP contribution in [0.4, 0.5) is 0 Å². The molecule has 1 aromatic rings. The summed E-state index contributed by atoms with van der Waals surface area (Å²) in [5.41, 5.74) is 1.01. The summed E-state index contributed by atoms with van der Waals surface area (Å²) in [6.45, 7) is 2.20. The fraction of sp³-hybridized carbons (Fsp3) is 0.600. The molecular weight excluding hydrogens is 168 g/mol. The van der Waals surface area contributed by atoms with Crippen molar-refractivity contribution >= 4 is 11.3 Å². The smallest absolute Gasteiger partial charge is 0.235 e. The van der Waals surface area contributed by atoms with Crippen LogP contribution < -0.4 is 0 Å². The summed E-state index contributed by atoms with van der Waals surface area (Å²) in [5.74, 6) is 0. The molecule has 0 spiro atoms. The summed E-state index contributed by atoms with van der Waals surface area (Å²) in [5, 5.41) is 13.2. The van der Waals surface area contributed by atoms with E-state index in [1.807, 2.05) is 11.4 Å². The maximum absolute atomic E-state index is 11.1. The van der Waals surface area contributed by atoms with Gasteiger partial charge in [0.05, 0.1) is 0 Å². The van der Waals surface area contributed by atoms with Crippen molar-refractivity contribution < 1.29 is 5.11 Å². The van der Waals surface area contributed by atoms with Crippen LogP contribution in [0.3, 0.4) is 0 Å². The second-order valence-electron chi connectivity index (χ2n) is 3.04. The van der Waals surface area contributed by atoms with Gasteiger partial charge in [0.15, 0.2) is 0 Å². The van der Waals surface area contributed by atoms with Gasteiger partial charge >= 0.3 is 0 Å². The Bertz CT molecular complexity index is 217. The summed E-state index contributed by atoms with van der Waals surface area (Å²) in [6, 6.07) is 1.96. The molecule has 0 unspecified atom stereocenters. The SMILES string of the molecule is CCCCCCc1ccsc1[O]. The van der Waals surface area contributed by atoms with E-state index in [-0.39, 0.29) is 5.06 Å². The van der Waals surface area contributed by atoms with E-state index in [1.54, 1.807) is 0 Å². The Hall–Kier alpha value is -0.500. The molecule has 0 aliphatic rings. The van der Waals surface area contributed by atoms with Crippen molar-refractivity contribution in [3.63, 3.8) is 0 Å². The third-order valence-corrected chi connectivity index (χ3v) is 2.75. The van der Waals surface area contributed by atoms with Gasteiger partial charge in [-0.2, -0.15) is 0 Å². The van der Waals surface area contributed by atoms with Crippen LogP contribution in [0.5, 0.6) is 5.06 Å². The summed E-state index contributed by atoms with van der Waals surface area (Å²) in [6.07, 6.45) is 5.94. The number of aryl methyl sites for hydroxylation is 1. The number of unbranched alkanes of at least 4 members (excludes halogenated alkanes) is 3. The Morgan fingerprint density at radius 1 is 1.33 bits per heavy atom. The lowest BCUT2D eigenvalue weighted by Crippen LogP contribution is -1.82. The molecule has 0 saturated heterocycles. The maximum atomic E-state index is 11.1. The first-order valence-corrected chi connectivity index (χ1v) is 5.46. The molecule has 0 N–H and O–H groups in total. The predicted molar refractivity (Wildman–Crippen MR) is 52.3 cm³/mol. The molecule has 0 atom stereocenters. The van der Waals surface area contributed by atoms with Gasteiger partial charge < -0.3 is 0 Å². The molecule has 12 heavy (non-hydrogen) atoms. The number of hydrogen-bond donors (Lipinski definition) is 0. The predicted octanol–water partition coefficient (Wildman–Crippen LogP) is 4.01. The average Bonchev–Trinajstić information content (AvgIpc) is 2.46. The van der Waals surface area contributed by atoms with E-state index in [2.05, 4.69) is 6.92 Å². The van der Waals surface area contributed by atoms with Crippen LogP contribution >= 0.6 is 11.3 Å². The van der Waals surface area contributed by atoms with E-state index in [1.165, 1.54) is 37.0 Å². The Balaban J connectivity index is 2.20. The summed E-state index contributed by atoms with van der Waals surface area (Å²) < 4.78 is 0. The first-order valence-electron chi connectivity index (χ1n) is 4.58. The number of rotatable bonds is 5. The van der Waals surface area contributed by atoms with Crippen LogP contribution in [0, 0.1) is 0 Å². The van der Waals surface area contributed by atoms with Gasteiger partial charge in [-0.15, -0.1) is 11.3 Å². The summed E-state index contributed by atoms with van der Waals surface area (Å²) >= 11 is 1.31. The first kappa shape index (κ1) is 9.59. The molecule has 0 amide bonds. The van der Waals surface area contributed by atoms with Gasteiger partial charge in [0.2, 0.25) is 5.06 Å². The van der Waals surface area contributed by atoms with Crippen molar-refractivity contribution in [1.82, 2.24) is 0 Å². The maximum Gasteiger partial charge on any atom is 0.235 e. The Kier molecular flexibility index (Phi) is 4.15. The van der Waals surface area contributed by atoms with Crippen molar-refractivity contribution in [3.8, 4) is 5.06 Å². The quantitative estimate of drug-likeness (QED) is 0.614. The van der Waals surface area contributed by atoms with Gasteiger partial charge in [-0.1, -0.05) is 26.2 Å². The Morgan fingerprint density at radius 2 is 2.17 bits per heavy atom. The third kappa shape index (κ3) is 2.86. The van der Waals surface area contributed by atoms with E-state index in [0.717, 1.165) is 12.0 Å². The largest absolute Gasteiger partial charge is 0.278 e. The molecule has 0 aliphatic carbocycles. The molecule has 1 radical (unpaired) electrons. The molecule has 0 bridgehead atoms. The van der Waals surface area contributed by atoms with Crippen molar-refractivity contribution in [2.75, 3.05) is 0 Å². The molecular formula is C10H15OS. The van der Waals surface area contributed by atoms with Gasteiger partial charge in [-0.05, 0) is 24.3 Å². The van der Waals surface area contributed by atoms with E-state index < -0.39 is 0 Å². The second-order valence-corrected chi connectivity index (χ2v) is 3.92. The van der Waals surface area contributed by atoms with Gasteiger partial charge in [0.1, 0.15) is 0 Å². The van der Waals surface area contributed by atoms with E-state index in [9.17, 15) is 5.11 Å². The highest BCUT2D eigenvalue weighted by Gasteiger charge is 2.02. The zero-order valence-electron chi connectivity index (χ0n) is 7.51. The van der Waals surface area contributed by atoms with Gasteiger partial charge in [-0.25, -0.2) is 0 Å². The van der Waals surface area contributed by atoms with Crippen molar-refractivity contribution in [2.24, 2.45) is 0 Å². The fourth-order valence-electron chi connectivity index (χ4n) is 1.25. The normalized spacial score (nSPS) is 10.4. The van der Waals surface area contributed by atoms with Crippen molar-refractivity contribution in [2.45, 2.75) is 39.0 Å². The van der Waals surface area contributed by atoms with Crippen LogP contribution in [0.1, 0.15) is 38.2 Å². The summed E-state index contributed by atoms with van der Waals surface area (Å²) in [4.78, 5) is 0. The lowest BCUT2D eigenvalue weighted by molar-refractivity contribution is 0.363. The molecule has 1 aromatic heterocycles. The lowest BCUT2D eigenvalue weighted by Gasteiger charge is -1.96. The second kappa shape index (κ2) is 5.20. The standard InChI is InChI=1S/C10H15OS/c1-2-3-4-5-6-9-7-8-12-10(9)11/h7-8H,2-6H2,1H3. The van der Waals surface area contributed by atoms with Gasteiger partial charge in [0.25, 0.3) is 0 Å². The highest BCUT2D eigenvalue weighted by molar-refractivity contribution is 7.11. The molecule has 1 rings (SSSR count). The molecule has 2 heteroatoms. The third-order valence-electron chi connectivity index (χ3n) is 2.01. The Morgan fingerprint density at radius 3 is 2.75 bits per heavy atom. The Labute approximate surface area is 78.1 Å². The van der Waals surface area contributed by atoms with E-state index >= 15 is 0 Å². The van der Waals surface area contributed by atoms with Crippen LogP contribution in [-0.4, -0.2) is 0 Å². The van der Waals surface area contributed by atoms with Crippen LogP contribution in [0.2, 0.25) is 0 Å². The van der Waals surface area contributed by atoms with Crippen molar-refractivity contribution in [3.05, 3.63) is 17.0 Å². The zero-order chi connectivity index (χ0) is 8.81. The topological polar surface area (TPSA) is 19.9 Å². The van der Waals surface area contributed by atoms with E-state index in [4.69, 9.17) is 0 Å². The van der Waals surface area contributed by atoms with E-state index in [0.29, 0.717) is 0 Å². The highest BCUT2D eigenvalue weighted by Crippen LogP contribution is 2.26. The highest BCUT2D eigenvalue weighted by atomic mass is 32.1. The summed E-state index contributed by atoms with van der Waals surface area (Å²) in [7, 11) is 0.